The van der Waals surface area contributed by atoms with Crippen molar-refractivity contribution < 1.29 is 0 Å². The zero-order valence-electron chi connectivity index (χ0n) is 15.7. The van der Waals surface area contributed by atoms with Crippen LogP contribution in [-0.4, -0.2) is 46.9 Å². The Hall–Kier alpha value is -1.31. The molecule has 0 unspecified atom stereocenters. The molecule has 3 heterocycles. The standard InChI is InChI=1S/C20H29N5.HI/c1-21-19(25-14-11-20(16-25)9-4-2-5-10-20)22-12-8-17-15-24-13-6-3-7-18(24)23-17;/h3,6-7,13,15H,2,4-5,8-12,14,16H2,1H3,(H,21,22);1H. The smallest absolute Gasteiger partial charge is 0.193 e. The fraction of sp³-hybridized carbons (Fsp3) is 0.600. The number of rotatable bonds is 3. The van der Waals surface area contributed by atoms with Gasteiger partial charge in [-0.3, -0.25) is 4.99 Å². The SMILES string of the molecule is CN=C(NCCc1cn2ccccc2n1)N1CCC2(CCCCC2)C1.I. The monoisotopic (exact) mass is 467 g/mol. The molecule has 2 aliphatic rings. The summed E-state index contributed by atoms with van der Waals surface area (Å²) in [6, 6.07) is 6.11. The van der Waals surface area contributed by atoms with Crippen LogP contribution in [0.15, 0.2) is 35.6 Å². The third-order valence-electron chi connectivity index (χ3n) is 5.94. The Morgan fingerprint density at radius 3 is 2.85 bits per heavy atom. The van der Waals surface area contributed by atoms with Gasteiger partial charge in [0.1, 0.15) is 5.65 Å². The first-order chi connectivity index (χ1) is 12.3. The number of fused-ring (bicyclic) bond motifs is 1. The molecule has 5 nitrogen and oxygen atoms in total. The molecule has 2 aromatic rings. The van der Waals surface area contributed by atoms with Crippen molar-refractivity contribution in [2.75, 3.05) is 26.7 Å². The summed E-state index contributed by atoms with van der Waals surface area (Å²) in [5, 5.41) is 3.55. The summed E-state index contributed by atoms with van der Waals surface area (Å²) in [7, 11) is 1.90. The Morgan fingerprint density at radius 2 is 2.08 bits per heavy atom. The molecule has 0 amide bonds. The van der Waals surface area contributed by atoms with Crippen molar-refractivity contribution in [3.63, 3.8) is 0 Å². The first-order valence-electron chi connectivity index (χ1n) is 9.66. The average molecular weight is 467 g/mol. The number of pyridine rings is 1. The summed E-state index contributed by atoms with van der Waals surface area (Å²) in [6.45, 7) is 3.20. The van der Waals surface area contributed by atoms with Crippen molar-refractivity contribution in [3.05, 3.63) is 36.3 Å². The molecule has 0 atom stereocenters. The van der Waals surface area contributed by atoms with Crippen LogP contribution in [-0.2, 0) is 6.42 Å². The molecule has 6 heteroatoms. The molecule has 1 saturated heterocycles. The molecular weight excluding hydrogens is 437 g/mol. The van der Waals surface area contributed by atoms with E-state index >= 15 is 0 Å². The summed E-state index contributed by atoms with van der Waals surface area (Å²) < 4.78 is 2.08. The lowest BCUT2D eigenvalue weighted by atomic mass is 9.73. The quantitative estimate of drug-likeness (QED) is 0.425. The molecule has 0 bridgehead atoms. The van der Waals surface area contributed by atoms with E-state index in [4.69, 9.17) is 0 Å². The Kier molecular flexibility index (Phi) is 6.42. The van der Waals surface area contributed by atoms with Gasteiger partial charge in [0.2, 0.25) is 0 Å². The molecule has 26 heavy (non-hydrogen) atoms. The van der Waals surface area contributed by atoms with Crippen LogP contribution in [0.4, 0.5) is 0 Å². The van der Waals surface area contributed by atoms with Crippen LogP contribution in [0.1, 0.15) is 44.2 Å². The van der Waals surface area contributed by atoms with Gasteiger partial charge in [-0.25, -0.2) is 4.98 Å². The van der Waals surface area contributed by atoms with Crippen LogP contribution in [0.2, 0.25) is 0 Å². The van der Waals surface area contributed by atoms with Gasteiger partial charge in [0.05, 0.1) is 5.69 Å². The Labute approximate surface area is 173 Å². The normalized spacial score (nSPS) is 19.7. The van der Waals surface area contributed by atoms with E-state index in [9.17, 15) is 0 Å². The lowest BCUT2D eigenvalue weighted by Crippen LogP contribution is -2.42. The van der Waals surface area contributed by atoms with Crippen molar-refractivity contribution in [1.82, 2.24) is 19.6 Å². The Balaban J connectivity index is 0.00000196. The molecule has 1 aliphatic carbocycles. The number of guanidine groups is 1. The van der Waals surface area contributed by atoms with Crippen LogP contribution < -0.4 is 5.32 Å². The minimum atomic E-state index is 0. The summed E-state index contributed by atoms with van der Waals surface area (Å²) in [6.07, 6.45) is 13.5. The van der Waals surface area contributed by atoms with E-state index < -0.39 is 0 Å². The van der Waals surface area contributed by atoms with Gasteiger partial charge in [-0.15, -0.1) is 24.0 Å². The average Bonchev–Trinajstić information content (AvgIpc) is 3.23. The first kappa shape index (κ1) is 19.5. The maximum Gasteiger partial charge on any atom is 0.193 e. The zero-order valence-corrected chi connectivity index (χ0v) is 18.0. The van der Waals surface area contributed by atoms with E-state index in [0.29, 0.717) is 5.41 Å². The number of aromatic nitrogens is 2. The fourth-order valence-corrected chi connectivity index (χ4v) is 4.57. The van der Waals surface area contributed by atoms with Gasteiger partial charge in [0, 0.05) is 45.5 Å². The summed E-state index contributed by atoms with van der Waals surface area (Å²) in [4.78, 5) is 11.7. The minimum absolute atomic E-state index is 0. The van der Waals surface area contributed by atoms with E-state index in [-0.39, 0.29) is 24.0 Å². The van der Waals surface area contributed by atoms with Crippen LogP contribution >= 0.6 is 24.0 Å². The molecule has 1 N–H and O–H groups in total. The highest BCUT2D eigenvalue weighted by atomic mass is 127. The molecule has 142 valence electrons. The number of likely N-dealkylation sites (tertiary alicyclic amines) is 1. The topological polar surface area (TPSA) is 44.9 Å². The Morgan fingerprint density at radius 1 is 1.23 bits per heavy atom. The molecule has 0 aromatic carbocycles. The molecule has 2 aromatic heterocycles. The highest BCUT2D eigenvalue weighted by Gasteiger charge is 2.39. The van der Waals surface area contributed by atoms with Gasteiger partial charge in [-0.1, -0.05) is 25.3 Å². The van der Waals surface area contributed by atoms with E-state index in [1.807, 2.05) is 31.4 Å². The van der Waals surface area contributed by atoms with E-state index in [1.54, 1.807) is 0 Å². The van der Waals surface area contributed by atoms with Crippen molar-refractivity contribution in [1.29, 1.82) is 0 Å². The van der Waals surface area contributed by atoms with E-state index in [2.05, 4.69) is 30.8 Å². The zero-order chi connectivity index (χ0) is 17.1. The van der Waals surface area contributed by atoms with Crippen LogP contribution in [0, 0.1) is 5.41 Å². The van der Waals surface area contributed by atoms with Crippen molar-refractivity contribution >= 4 is 35.6 Å². The number of imidazole rings is 1. The largest absolute Gasteiger partial charge is 0.356 e. The molecule has 1 aliphatic heterocycles. The van der Waals surface area contributed by atoms with Gasteiger partial charge in [0.15, 0.2) is 5.96 Å². The van der Waals surface area contributed by atoms with Crippen LogP contribution in [0.25, 0.3) is 5.65 Å². The second kappa shape index (κ2) is 8.59. The summed E-state index contributed by atoms with van der Waals surface area (Å²) >= 11 is 0. The number of nitrogens with one attached hydrogen (secondary N) is 1. The van der Waals surface area contributed by atoms with Gasteiger partial charge in [-0.05, 0) is 36.8 Å². The van der Waals surface area contributed by atoms with Gasteiger partial charge < -0.3 is 14.6 Å². The number of aliphatic imine (C=N–C) groups is 1. The molecular formula is C20H30IN5. The third-order valence-corrected chi connectivity index (χ3v) is 5.94. The predicted octanol–water partition coefficient (Wildman–Crippen LogP) is 3.73. The van der Waals surface area contributed by atoms with E-state index in [1.165, 1.54) is 45.1 Å². The molecule has 0 radical (unpaired) electrons. The van der Waals surface area contributed by atoms with Crippen molar-refractivity contribution in [2.24, 2.45) is 10.4 Å². The fourth-order valence-electron chi connectivity index (χ4n) is 4.57. The number of nitrogens with zero attached hydrogens (tertiary/aromatic N) is 4. The number of halogens is 1. The maximum absolute atomic E-state index is 4.67. The molecule has 1 spiro atoms. The second-order valence-corrected chi connectivity index (χ2v) is 7.65. The summed E-state index contributed by atoms with van der Waals surface area (Å²) in [5.41, 5.74) is 2.71. The number of hydrogen-bond acceptors (Lipinski definition) is 2. The van der Waals surface area contributed by atoms with Crippen molar-refractivity contribution in [2.45, 2.75) is 44.9 Å². The van der Waals surface area contributed by atoms with Gasteiger partial charge >= 0.3 is 0 Å². The molecule has 2 fully saturated rings. The minimum Gasteiger partial charge on any atom is -0.356 e. The van der Waals surface area contributed by atoms with Gasteiger partial charge in [-0.2, -0.15) is 0 Å². The Bertz CT molecular complexity index is 714. The van der Waals surface area contributed by atoms with Crippen LogP contribution in [0.3, 0.4) is 0 Å². The van der Waals surface area contributed by atoms with Crippen molar-refractivity contribution in [3.8, 4) is 0 Å². The number of hydrogen-bond donors (Lipinski definition) is 1. The predicted molar refractivity (Wildman–Crippen MR) is 117 cm³/mol. The lowest BCUT2D eigenvalue weighted by molar-refractivity contribution is 0.203. The molecule has 1 saturated carbocycles. The molecule has 4 rings (SSSR count). The van der Waals surface area contributed by atoms with E-state index in [0.717, 1.165) is 36.8 Å². The first-order valence-corrected chi connectivity index (χ1v) is 9.66. The highest BCUT2D eigenvalue weighted by molar-refractivity contribution is 14.0. The third kappa shape index (κ3) is 4.15. The highest BCUT2D eigenvalue weighted by Crippen LogP contribution is 2.43. The summed E-state index contributed by atoms with van der Waals surface area (Å²) in [5.74, 6) is 1.06. The van der Waals surface area contributed by atoms with Gasteiger partial charge in [0.25, 0.3) is 0 Å². The second-order valence-electron chi connectivity index (χ2n) is 7.65. The van der Waals surface area contributed by atoms with Crippen LogP contribution in [0.5, 0.6) is 0 Å². The maximum atomic E-state index is 4.67. The lowest BCUT2D eigenvalue weighted by Gasteiger charge is -2.33.